The average Bonchev–Trinajstić information content (AvgIpc) is 3.16. The molecule has 1 aromatic carbocycles. The average molecular weight is 383 g/mol. The Bertz CT molecular complexity index is 822. The molecule has 2 amide bonds. The normalized spacial score (nSPS) is 16.1. The summed E-state index contributed by atoms with van der Waals surface area (Å²) in [7, 11) is 0. The van der Waals surface area contributed by atoms with Gasteiger partial charge in [-0.2, -0.15) is 0 Å². The fourth-order valence-electron chi connectivity index (χ4n) is 3.39. The second-order valence-corrected chi connectivity index (χ2v) is 7.01. The lowest BCUT2D eigenvalue weighted by atomic mass is 10.1. The summed E-state index contributed by atoms with van der Waals surface area (Å²) in [4.78, 5) is 25.4. The molecule has 1 aliphatic heterocycles. The molecule has 1 unspecified atom stereocenters. The minimum Gasteiger partial charge on any atom is -0.470 e. The van der Waals surface area contributed by atoms with Gasteiger partial charge in [0.2, 0.25) is 0 Å². The van der Waals surface area contributed by atoms with Gasteiger partial charge in [-0.25, -0.2) is 14.8 Å². The van der Waals surface area contributed by atoms with Crippen molar-refractivity contribution in [2.75, 3.05) is 36.4 Å². The Hall–Kier alpha value is -2.83. The lowest BCUT2D eigenvalue weighted by Gasteiger charge is -2.23. The van der Waals surface area contributed by atoms with Crippen LogP contribution in [0.3, 0.4) is 0 Å². The van der Waals surface area contributed by atoms with Crippen LogP contribution in [0.1, 0.15) is 31.4 Å². The zero-order chi connectivity index (χ0) is 20.1. The van der Waals surface area contributed by atoms with Crippen LogP contribution in [0.2, 0.25) is 0 Å². The third-order valence-corrected chi connectivity index (χ3v) is 5.27. The molecule has 0 bridgehead atoms. The topological polar surface area (TPSA) is 70.6 Å². The van der Waals surface area contributed by atoms with Crippen LogP contribution in [0.5, 0.6) is 5.88 Å². The van der Waals surface area contributed by atoms with E-state index in [-0.39, 0.29) is 12.1 Å². The summed E-state index contributed by atoms with van der Waals surface area (Å²) in [6.07, 6.45) is 4.01. The predicted molar refractivity (Wildman–Crippen MR) is 111 cm³/mol. The maximum Gasteiger partial charge on any atom is 0.321 e. The van der Waals surface area contributed by atoms with Gasteiger partial charge in [0.05, 0.1) is 6.54 Å². The summed E-state index contributed by atoms with van der Waals surface area (Å²) in [6, 6.07) is 5.83. The van der Waals surface area contributed by atoms with Crippen molar-refractivity contribution in [3.8, 4) is 5.88 Å². The molecule has 3 rings (SSSR count). The van der Waals surface area contributed by atoms with Gasteiger partial charge in [0.1, 0.15) is 6.10 Å². The minimum absolute atomic E-state index is 0.0876. The second-order valence-electron chi connectivity index (χ2n) is 7.01. The Morgan fingerprint density at radius 3 is 2.75 bits per heavy atom. The van der Waals surface area contributed by atoms with E-state index in [1.807, 2.05) is 32.0 Å². The number of nitrogens with zero attached hydrogens (tertiary/aromatic N) is 4. The number of anilines is 2. The Balaban J connectivity index is 1.63. The summed E-state index contributed by atoms with van der Waals surface area (Å²) in [6.45, 7) is 11.1. The number of ether oxygens (including phenoxy) is 1. The summed E-state index contributed by atoms with van der Waals surface area (Å²) < 4.78 is 6.13. The van der Waals surface area contributed by atoms with Gasteiger partial charge in [-0.3, -0.25) is 0 Å². The van der Waals surface area contributed by atoms with Crippen molar-refractivity contribution < 1.29 is 9.53 Å². The number of hydrogen-bond donors (Lipinski definition) is 1. The largest absolute Gasteiger partial charge is 0.470 e. The number of aryl methyl sites for hydroxylation is 1. The number of carbonyl (C=O) groups is 1. The monoisotopic (exact) mass is 383 g/mol. The Morgan fingerprint density at radius 2 is 2.00 bits per heavy atom. The smallest absolute Gasteiger partial charge is 0.321 e. The number of rotatable bonds is 6. The number of carbonyl (C=O) groups excluding carboxylic acids is 1. The van der Waals surface area contributed by atoms with Crippen LogP contribution in [0, 0.1) is 13.8 Å². The zero-order valence-corrected chi connectivity index (χ0v) is 17.1. The number of aromatic nitrogens is 2. The lowest BCUT2D eigenvalue weighted by Crippen LogP contribution is -2.35. The molecule has 1 aromatic heterocycles. The van der Waals surface area contributed by atoms with Crippen LogP contribution < -0.4 is 15.0 Å². The molecule has 7 heteroatoms. The van der Waals surface area contributed by atoms with Crippen molar-refractivity contribution >= 4 is 17.5 Å². The van der Waals surface area contributed by atoms with E-state index in [0.29, 0.717) is 19.0 Å². The lowest BCUT2D eigenvalue weighted by molar-refractivity contribution is 0.190. The quantitative estimate of drug-likeness (QED) is 0.825. The summed E-state index contributed by atoms with van der Waals surface area (Å²) in [5.74, 6) is 1.29. The molecule has 150 valence electrons. The molecule has 2 heterocycles. The zero-order valence-electron chi connectivity index (χ0n) is 17.1. The molecule has 0 saturated carbocycles. The van der Waals surface area contributed by atoms with Crippen LogP contribution in [0.15, 0.2) is 30.6 Å². The molecule has 1 aliphatic rings. The van der Waals surface area contributed by atoms with E-state index in [1.165, 1.54) is 0 Å². The summed E-state index contributed by atoms with van der Waals surface area (Å²) in [5.41, 5.74) is 3.10. The number of benzene rings is 1. The number of amides is 2. The highest BCUT2D eigenvalue weighted by molar-refractivity contribution is 5.90. The van der Waals surface area contributed by atoms with Gasteiger partial charge in [0.15, 0.2) is 5.82 Å². The Morgan fingerprint density at radius 1 is 1.25 bits per heavy atom. The van der Waals surface area contributed by atoms with Crippen LogP contribution >= 0.6 is 0 Å². The van der Waals surface area contributed by atoms with E-state index in [0.717, 1.165) is 42.1 Å². The van der Waals surface area contributed by atoms with Crippen LogP contribution in [-0.2, 0) is 0 Å². The first-order valence-corrected chi connectivity index (χ1v) is 9.88. The number of urea groups is 1. The predicted octanol–water partition coefficient (Wildman–Crippen LogP) is 3.62. The van der Waals surface area contributed by atoms with Crippen molar-refractivity contribution in [3.05, 3.63) is 41.7 Å². The molecule has 28 heavy (non-hydrogen) atoms. The third-order valence-electron chi connectivity index (χ3n) is 5.27. The van der Waals surface area contributed by atoms with E-state index in [1.54, 1.807) is 17.3 Å². The van der Waals surface area contributed by atoms with Gasteiger partial charge in [-0.05, 0) is 44.9 Å². The first-order valence-electron chi connectivity index (χ1n) is 9.88. The van der Waals surface area contributed by atoms with E-state index in [2.05, 4.69) is 34.0 Å². The highest BCUT2D eigenvalue weighted by Gasteiger charge is 2.29. The molecule has 0 aliphatic carbocycles. The van der Waals surface area contributed by atoms with E-state index in [9.17, 15) is 4.79 Å². The number of nitrogens with one attached hydrogen (secondary N) is 1. The summed E-state index contributed by atoms with van der Waals surface area (Å²) >= 11 is 0. The van der Waals surface area contributed by atoms with Gasteiger partial charge in [-0.15, -0.1) is 0 Å². The first kappa shape index (κ1) is 19.9. The third kappa shape index (κ3) is 4.35. The molecule has 7 nitrogen and oxygen atoms in total. The van der Waals surface area contributed by atoms with Crippen LogP contribution in [-0.4, -0.2) is 53.2 Å². The van der Waals surface area contributed by atoms with Crippen molar-refractivity contribution in [3.63, 3.8) is 0 Å². The van der Waals surface area contributed by atoms with Gasteiger partial charge < -0.3 is 19.9 Å². The maximum atomic E-state index is 12.7. The fourth-order valence-corrected chi connectivity index (χ4v) is 3.39. The van der Waals surface area contributed by atoms with Gasteiger partial charge in [0.25, 0.3) is 5.88 Å². The molecule has 1 fully saturated rings. The standard InChI is InChI=1S/C21H29N5O2/c1-5-25(6-2)19-20(23-12-11-22-19)28-17-10-13-26(14-17)21(27)24-18-9-7-8-15(3)16(18)4/h7-9,11-12,17H,5-6,10,13-14H2,1-4H3,(H,24,27). The van der Waals surface area contributed by atoms with Crippen molar-refractivity contribution in [1.82, 2.24) is 14.9 Å². The first-order chi connectivity index (χ1) is 13.5. The van der Waals surface area contributed by atoms with Crippen molar-refractivity contribution in [2.24, 2.45) is 0 Å². The molecular formula is C21H29N5O2. The van der Waals surface area contributed by atoms with E-state index in [4.69, 9.17) is 4.74 Å². The summed E-state index contributed by atoms with van der Waals surface area (Å²) in [5, 5.41) is 3.02. The van der Waals surface area contributed by atoms with E-state index >= 15 is 0 Å². The maximum absolute atomic E-state index is 12.7. The Labute approximate surface area is 166 Å². The van der Waals surface area contributed by atoms with Crippen molar-refractivity contribution in [2.45, 2.75) is 40.2 Å². The molecule has 1 N–H and O–H groups in total. The highest BCUT2D eigenvalue weighted by Crippen LogP contribution is 2.26. The molecular weight excluding hydrogens is 354 g/mol. The van der Waals surface area contributed by atoms with Crippen LogP contribution in [0.4, 0.5) is 16.3 Å². The molecule has 1 atom stereocenters. The van der Waals surface area contributed by atoms with E-state index < -0.39 is 0 Å². The number of likely N-dealkylation sites (tertiary alicyclic amines) is 1. The number of hydrogen-bond acceptors (Lipinski definition) is 5. The Kier molecular flexibility index (Phi) is 6.34. The second kappa shape index (κ2) is 8.91. The van der Waals surface area contributed by atoms with Gasteiger partial charge in [0, 0.05) is 44.1 Å². The minimum atomic E-state index is -0.0945. The SMILES string of the molecule is CCN(CC)c1nccnc1OC1CCN(C(=O)Nc2cccc(C)c2C)C1. The van der Waals surface area contributed by atoms with Crippen molar-refractivity contribution in [1.29, 1.82) is 0 Å². The van der Waals surface area contributed by atoms with Gasteiger partial charge >= 0.3 is 6.03 Å². The van der Waals surface area contributed by atoms with Crippen LogP contribution in [0.25, 0.3) is 0 Å². The fraction of sp³-hybridized carbons (Fsp3) is 0.476. The van der Waals surface area contributed by atoms with Gasteiger partial charge in [-0.1, -0.05) is 12.1 Å². The molecule has 2 aromatic rings. The molecule has 0 radical (unpaired) electrons. The molecule has 1 saturated heterocycles. The molecule has 0 spiro atoms. The highest BCUT2D eigenvalue weighted by atomic mass is 16.5.